The molecule has 1 aromatic rings. The number of fused-ring (bicyclic) bond motifs is 1. The first-order valence-electron chi connectivity index (χ1n) is 7.05. The van der Waals surface area contributed by atoms with Crippen LogP contribution >= 0.6 is 0 Å². The van der Waals surface area contributed by atoms with E-state index in [1.807, 2.05) is 12.1 Å². The van der Waals surface area contributed by atoms with E-state index in [1.165, 1.54) is 11.9 Å². The standard InChI is InChI=1S/C16H20N2O4/c1-3-15(20)18(2)10-14(19)17-11-16(21)8-9-22-13-7-5-4-6-12(13)16/h3-7,21H,1,8-11H2,2H3,(H,17,19). The van der Waals surface area contributed by atoms with E-state index in [1.54, 1.807) is 12.1 Å². The number of aliphatic hydroxyl groups is 1. The number of nitrogens with zero attached hydrogens (tertiary/aromatic N) is 1. The Balaban J connectivity index is 1.98. The van der Waals surface area contributed by atoms with E-state index in [9.17, 15) is 14.7 Å². The number of hydrogen-bond acceptors (Lipinski definition) is 4. The summed E-state index contributed by atoms with van der Waals surface area (Å²) in [6.07, 6.45) is 1.54. The Hall–Kier alpha value is -2.34. The van der Waals surface area contributed by atoms with E-state index >= 15 is 0 Å². The highest BCUT2D eigenvalue weighted by atomic mass is 16.5. The third kappa shape index (κ3) is 3.46. The van der Waals surface area contributed by atoms with Crippen molar-refractivity contribution in [2.24, 2.45) is 0 Å². The van der Waals surface area contributed by atoms with E-state index in [-0.39, 0.29) is 24.9 Å². The van der Waals surface area contributed by atoms with Crippen molar-refractivity contribution in [3.8, 4) is 5.75 Å². The van der Waals surface area contributed by atoms with Gasteiger partial charge in [0.25, 0.3) is 0 Å². The number of likely N-dealkylation sites (N-methyl/N-ethyl adjacent to an activating group) is 1. The molecule has 1 aromatic carbocycles. The highest BCUT2D eigenvalue weighted by molar-refractivity contribution is 5.90. The lowest BCUT2D eigenvalue weighted by Crippen LogP contribution is -2.46. The molecule has 6 heteroatoms. The fourth-order valence-corrected chi connectivity index (χ4v) is 2.37. The van der Waals surface area contributed by atoms with Crippen molar-refractivity contribution in [2.45, 2.75) is 12.0 Å². The Morgan fingerprint density at radius 2 is 2.23 bits per heavy atom. The van der Waals surface area contributed by atoms with Gasteiger partial charge in [0, 0.05) is 19.0 Å². The van der Waals surface area contributed by atoms with Crippen molar-refractivity contribution in [1.29, 1.82) is 0 Å². The summed E-state index contributed by atoms with van der Waals surface area (Å²) < 4.78 is 5.50. The van der Waals surface area contributed by atoms with Gasteiger partial charge < -0.3 is 20.1 Å². The van der Waals surface area contributed by atoms with Crippen LogP contribution in [-0.2, 0) is 15.2 Å². The molecule has 1 aliphatic rings. The molecule has 0 fully saturated rings. The number of rotatable bonds is 5. The van der Waals surface area contributed by atoms with Gasteiger partial charge in [-0.15, -0.1) is 0 Å². The van der Waals surface area contributed by atoms with Gasteiger partial charge in [-0.05, 0) is 12.1 Å². The zero-order valence-corrected chi connectivity index (χ0v) is 12.5. The monoisotopic (exact) mass is 304 g/mol. The molecule has 22 heavy (non-hydrogen) atoms. The number of ether oxygens (including phenoxy) is 1. The number of hydrogen-bond donors (Lipinski definition) is 2. The molecule has 2 amide bonds. The zero-order valence-electron chi connectivity index (χ0n) is 12.5. The lowest BCUT2D eigenvalue weighted by Gasteiger charge is -2.34. The molecule has 0 radical (unpaired) electrons. The number of para-hydroxylation sites is 1. The second kappa shape index (κ2) is 6.62. The maximum absolute atomic E-state index is 11.9. The zero-order chi connectivity index (χ0) is 16.2. The first kappa shape index (κ1) is 16.0. The summed E-state index contributed by atoms with van der Waals surface area (Å²) in [6, 6.07) is 7.22. The van der Waals surface area contributed by atoms with Gasteiger partial charge in [0.2, 0.25) is 11.8 Å². The number of benzene rings is 1. The van der Waals surface area contributed by atoms with Crippen molar-refractivity contribution in [1.82, 2.24) is 10.2 Å². The third-order valence-corrected chi connectivity index (χ3v) is 3.67. The van der Waals surface area contributed by atoms with Crippen LogP contribution < -0.4 is 10.1 Å². The summed E-state index contributed by atoms with van der Waals surface area (Å²) in [4.78, 5) is 24.5. The Labute approximate surface area is 129 Å². The van der Waals surface area contributed by atoms with Gasteiger partial charge in [0.05, 0.1) is 19.7 Å². The van der Waals surface area contributed by atoms with Gasteiger partial charge in [-0.2, -0.15) is 0 Å². The fraction of sp³-hybridized carbons (Fsp3) is 0.375. The quantitative estimate of drug-likeness (QED) is 0.773. The average Bonchev–Trinajstić information content (AvgIpc) is 2.52. The second-order valence-electron chi connectivity index (χ2n) is 5.30. The van der Waals surface area contributed by atoms with E-state index in [0.717, 1.165) is 6.08 Å². The Morgan fingerprint density at radius 1 is 1.50 bits per heavy atom. The van der Waals surface area contributed by atoms with E-state index in [0.29, 0.717) is 24.3 Å². The van der Waals surface area contributed by atoms with Gasteiger partial charge in [0.1, 0.15) is 11.4 Å². The Kier molecular flexibility index (Phi) is 4.82. The SMILES string of the molecule is C=CC(=O)N(C)CC(=O)NCC1(O)CCOc2ccccc21. The molecule has 0 aromatic heterocycles. The van der Waals surface area contributed by atoms with Crippen LogP contribution in [0.3, 0.4) is 0 Å². The van der Waals surface area contributed by atoms with Crippen molar-refractivity contribution < 1.29 is 19.4 Å². The minimum Gasteiger partial charge on any atom is -0.493 e. The van der Waals surface area contributed by atoms with Gasteiger partial charge in [-0.25, -0.2) is 0 Å². The first-order chi connectivity index (χ1) is 10.5. The molecule has 2 rings (SSSR count). The summed E-state index contributed by atoms with van der Waals surface area (Å²) in [5.41, 5.74) is -0.497. The van der Waals surface area contributed by atoms with Crippen molar-refractivity contribution in [3.05, 3.63) is 42.5 Å². The van der Waals surface area contributed by atoms with Crippen molar-refractivity contribution in [3.63, 3.8) is 0 Å². The minimum atomic E-state index is -1.16. The lowest BCUT2D eigenvalue weighted by atomic mass is 9.88. The summed E-state index contributed by atoms with van der Waals surface area (Å²) in [5, 5.41) is 13.4. The molecule has 1 atom stereocenters. The number of carbonyl (C=O) groups excluding carboxylic acids is 2. The fourth-order valence-electron chi connectivity index (χ4n) is 2.37. The number of amides is 2. The smallest absolute Gasteiger partial charge is 0.246 e. The van der Waals surface area contributed by atoms with Crippen LogP contribution in [0.15, 0.2) is 36.9 Å². The summed E-state index contributed by atoms with van der Waals surface area (Å²) in [7, 11) is 1.52. The maximum atomic E-state index is 11.9. The largest absolute Gasteiger partial charge is 0.493 e. The Morgan fingerprint density at radius 3 is 2.95 bits per heavy atom. The third-order valence-electron chi connectivity index (χ3n) is 3.67. The molecule has 0 aliphatic carbocycles. The van der Waals surface area contributed by atoms with Gasteiger partial charge in [-0.1, -0.05) is 24.8 Å². The van der Waals surface area contributed by atoms with Crippen LogP contribution in [0.25, 0.3) is 0 Å². The molecule has 0 saturated heterocycles. The molecular weight excluding hydrogens is 284 g/mol. The summed E-state index contributed by atoms with van der Waals surface area (Å²) in [5.74, 6) is -0.0372. The van der Waals surface area contributed by atoms with Gasteiger partial charge >= 0.3 is 0 Å². The van der Waals surface area contributed by atoms with Crippen LogP contribution in [0.2, 0.25) is 0 Å². The molecule has 2 N–H and O–H groups in total. The predicted octanol–water partition coefficient (Wildman–Crippen LogP) is 0.417. The van der Waals surface area contributed by atoms with E-state index in [4.69, 9.17) is 4.74 Å². The lowest BCUT2D eigenvalue weighted by molar-refractivity contribution is -0.131. The molecule has 1 unspecified atom stereocenters. The van der Waals surface area contributed by atoms with Gasteiger partial charge in [-0.3, -0.25) is 9.59 Å². The van der Waals surface area contributed by atoms with Crippen LogP contribution in [0.5, 0.6) is 5.75 Å². The second-order valence-corrected chi connectivity index (χ2v) is 5.30. The first-order valence-corrected chi connectivity index (χ1v) is 7.05. The molecule has 1 aliphatic heterocycles. The molecule has 0 spiro atoms. The normalized spacial score (nSPS) is 19.5. The number of nitrogens with one attached hydrogen (secondary N) is 1. The number of carbonyl (C=O) groups is 2. The Bertz CT molecular complexity index is 587. The highest BCUT2D eigenvalue weighted by Gasteiger charge is 2.35. The van der Waals surface area contributed by atoms with E-state index in [2.05, 4.69) is 11.9 Å². The molecule has 6 nitrogen and oxygen atoms in total. The van der Waals surface area contributed by atoms with Crippen LogP contribution in [0, 0.1) is 0 Å². The van der Waals surface area contributed by atoms with Crippen LogP contribution in [0.4, 0.5) is 0 Å². The molecular formula is C16H20N2O4. The topological polar surface area (TPSA) is 78.9 Å². The summed E-state index contributed by atoms with van der Waals surface area (Å²) in [6.45, 7) is 3.74. The molecule has 118 valence electrons. The average molecular weight is 304 g/mol. The predicted molar refractivity (Wildman–Crippen MR) is 81.3 cm³/mol. The van der Waals surface area contributed by atoms with Crippen LogP contribution in [0.1, 0.15) is 12.0 Å². The maximum Gasteiger partial charge on any atom is 0.246 e. The molecule has 0 bridgehead atoms. The van der Waals surface area contributed by atoms with Crippen LogP contribution in [-0.4, -0.2) is 48.6 Å². The molecule has 1 heterocycles. The highest BCUT2D eigenvalue weighted by Crippen LogP contribution is 2.36. The molecule has 0 saturated carbocycles. The van der Waals surface area contributed by atoms with Gasteiger partial charge in [0.15, 0.2) is 0 Å². The van der Waals surface area contributed by atoms with Crippen molar-refractivity contribution in [2.75, 3.05) is 26.7 Å². The van der Waals surface area contributed by atoms with E-state index < -0.39 is 5.60 Å². The van der Waals surface area contributed by atoms with Crippen molar-refractivity contribution >= 4 is 11.8 Å². The summed E-state index contributed by atoms with van der Waals surface area (Å²) >= 11 is 0. The minimum absolute atomic E-state index is 0.0718.